The molecule has 0 aromatic heterocycles. The lowest BCUT2D eigenvalue weighted by Crippen LogP contribution is -3.00. The lowest BCUT2D eigenvalue weighted by atomic mass is 10.3. The molecule has 0 spiro atoms. The van der Waals surface area contributed by atoms with Crippen LogP contribution < -0.4 is 12.4 Å². The summed E-state index contributed by atoms with van der Waals surface area (Å²) in [7, 11) is 2.25. The molecule has 2 fully saturated rings. The Balaban J connectivity index is 0.000000605. The molecule has 3 nitrogen and oxygen atoms in total. The van der Waals surface area contributed by atoms with Gasteiger partial charge in [0.2, 0.25) is 6.23 Å². The van der Waals surface area contributed by atoms with E-state index in [0.717, 1.165) is 37.4 Å². The summed E-state index contributed by atoms with van der Waals surface area (Å²) in [5.41, 5.74) is 0. The van der Waals surface area contributed by atoms with E-state index >= 15 is 0 Å². The van der Waals surface area contributed by atoms with E-state index in [9.17, 15) is 0 Å². The summed E-state index contributed by atoms with van der Waals surface area (Å²) in [6, 6.07) is 0. The van der Waals surface area contributed by atoms with Gasteiger partial charge in [0.15, 0.2) is 0 Å². The van der Waals surface area contributed by atoms with E-state index in [1.54, 1.807) is 0 Å². The number of rotatable bonds is 1. The van der Waals surface area contributed by atoms with Gasteiger partial charge in [-0.25, -0.2) is 0 Å². The van der Waals surface area contributed by atoms with Crippen molar-refractivity contribution >= 4 is 0 Å². The Morgan fingerprint density at radius 1 is 1.27 bits per heavy atom. The van der Waals surface area contributed by atoms with Gasteiger partial charge in [0.25, 0.3) is 0 Å². The van der Waals surface area contributed by atoms with Gasteiger partial charge in [-0.1, -0.05) is 0 Å². The van der Waals surface area contributed by atoms with Crippen molar-refractivity contribution in [1.29, 1.82) is 0 Å². The number of quaternary nitrogens is 1. The minimum Gasteiger partial charge on any atom is -1.00 e. The van der Waals surface area contributed by atoms with Crippen LogP contribution in [0.1, 0.15) is 0 Å². The van der Waals surface area contributed by atoms with Crippen molar-refractivity contribution in [3.63, 3.8) is 0 Å². The standard InChI is InChI=1S/C7H14NO2.ClH/c1-8(7-6-10-7)2-4-9-5-3-8;/h7H,2-6H2,1H3;1H/q+1;/p-1. The van der Waals surface area contributed by atoms with Gasteiger partial charge in [0, 0.05) is 0 Å². The van der Waals surface area contributed by atoms with E-state index in [2.05, 4.69) is 7.05 Å². The zero-order valence-electron chi connectivity index (χ0n) is 6.75. The fraction of sp³-hybridized carbons (Fsp3) is 1.00. The molecule has 2 saturated heterocycles. The average Bonchev–Trinajstić information content (AvgIpc) is 2.69. The van der Waals surface area contributed by atoms with Crippen LogP contribution in [0.25, 0.3) is 0 Å². The monoisotopic (exact) mass is 179 g/mol. The Bertz CT molecular complexity index is 132. The second kappa shape index (κ2) is 3.27. The molecule has 0 aromatic carbocycles. The molecule has 0 aromatic rings. The number of nitrogens with zero attached hydrogens (tertiary/aromatic N) is 1. The molecule has 2 heterocycles. The molecule has 66 valence electrons. The fourth-order valence-corrected chi connectivity index (χ4v) is 1.45. The first kappa shape index (κ1) is 9.26. The molecule has 0 radical (unpaired) electrons. The predicted octanol–water partition coefficient (Wildman–Crippen LogP) is -3.18. The quantitative estimate of drug-likeness (QED) is 0.313. The predicted molar refractivity (Wildman–Crippen MR) is 36.5 cm³/mol. The average molecular weight is 180 g/mol. The molecule has 1 unspecified atom stereocenters. The molecule has 0 amide bonds. The zero-order chi connectivity index (χ0) is 7.03. The number of halogens is 1. The van der Waals surface area contributed by atoms with Crippen LogP contribution in [0.15, 0.2) is 0 Å². The van der Waals surface area contributed by atoms with E-state index in [-0.39, 0.29) is 12.4 Å². The summed E-state index contributed by atoms with van der Waals surface area (Å²) >= 11 is 0. The van der Waals surface area contributed by atoms with Crippen LogP contribution in [0.5, 0.6) is 0 Å². The van der Waals surface area contributed by atoms with Crippen LogP contribution in [0.3, 0.4) is 0 Å². The highest BCUT2D eigenvalue weighted by molar-refractivity contribution is 4.60. The highest BCUT2D eigenvalue weighted by Gasteiger charge is 2.43. The summed E-state index contributed by atoms with van der Waals surface area (Å²) in [4.78, 5) is 0. The Morgan fingerprint density at radius 2 is 1.82 bits per heavy atom. The lowest BCUT2D eigenvalue weighted by Gasteiger charge is -2.35. The second-order valence-corrected chi connectivity index (χ2v) is 3.33. The van der Waals surface area contributed by atoms with Crippen molar-refractivity contribution in [3.05, 3.63) is 0 Å². The summed E-state index contributed by atoms with van der Waals surface area (Å²) in [6.45, 7) is 4.98. The summed E-state index contributed by atoms with van der Waals surface area (Å²) < 4.78 is 11.6. The largest absolute Gasteiger partial charge is 1.00 e. The molecule has 2 rings (SSSR count). The molecule has 2 aliphatic heterocycles. The highest BCUT2D eigenvalue weighted by atomic mass is 35.5. The van der Waals surface area contributed by atoms with E-state index < -0.39 is 0 Å². The molecule has 4 heteroatoms. The van der Waals surface area contributed by atoms with Gasteiger partial charge in [-0.05, 0) is 0 Å². The molecule has 1 atom stereocenters. The van der Waals surface area contributed by atoms with Crippen molar-refractivity contribution in [2.45, 2.75) is 6.23 Å². The number of hydrogen-bond acceptors (Lipinski definition) is 2. The molecule has 0 saturated carbocycles. The van der Waals surface area contributed by atoms with Crippen molar-refractivity contribution in [2.75, 3.05) is 40.0 Å². The van der Waals surface area contributed by atoms with Crippen LogP contribution in [0.2, 0.25) is 0 Å². The van der Waals surface area contributed by atoms with Gasteiger partial charge in [-0.2, -0.15) is 0 Å². The number of likely N-dealkylation sites (N-methyl/N-ethyl adjacent to an activating group) is 1. The molecule has 11 heavy (non-hydrogen) atoms. The maximum atomic E-state index is 5.27. The number of morpholine rings is 1. The lowest BCUT2D eigenvalue weighted by molar-refractivity contribution is -0.936. The molecule has 0 bridgehead atoms. The van der Waals surface area contributed by atoms with E-state index in [4.69, 9.17) is 9.47 Å². The van der Waals surface area contributed by atoms with Gasteiger partial charge in [0.05, 0.1) is 20.3 Å². The Kier molecular flexibility index (Phi) is 2.75. The second-order valence-electron chi connectivity index (χ2n) is 3.33. The number of hydrogen-bond donors (Lipinski definition) is 0. The molecule has 0 aliphatic carbocycles. The van der Waals surface area contributed by atoms with Gasteiger partial charge in [0.1, 0.15) is 19.7 Å². The van der Waals surface area contributed by atoms with E-state index in [1.165, 1.54) is 0 Å². The third-order valence-electron chi connectivity index (χ3n) is 2.50. The first-order valence-corrected chi connectivity index (χ1v) is 3.85. The third kappa shape index (κ3) is 1.85. The zero-order valence-corrected chi connectivity index (χ0v) is 7.51. The molecular weight excluding hydrogens is 166 g/mol. The summed E-state index contributed by atoms with van der Waals surface area (Å²) in [5.74, 6) is 0. The summed E-state index contributed by atoms with van der Waals surface area (Å²) in [5, 5.41) is 0. The van der Waals surface area contributed by atoms with Crippen LogP contribution in [0, 0.1) is 0 Å². The van der Waals surface area contributed by atoms with Crippen molar-refractivity contribution < 1.29 is 26.4 Å². The summed E-state index contributed by atoms with van der Waals surface area (Å²) in [6.07, 6.45) is 0.490. The maximum Gasteiger partial charge on any atom is 0.217 e. The van der Waals surface area contributed by atoms with Gasteiger partial charge < -0.3 is 21.9 Å². The Morgan fingerprint density at radius 3 is 2.27 bits per heavy atom. The third-order valence-corrected chi connectivity index (χ3v) is 2.50. The van der Waals surface area contributed by atoms with Crippen molar-refractivity contribution in [3.8, 4) is 0 Å². The number of epoxide rings is 1. The van der Waals surface area contributed by atoms with Crippen LogP contribution in [-0.2, 0) is 9.47 Å². The smallest absolute Gasteiger partial charge is 0.217 e. The first-order valence-electron chi connectivity index (χ1n) is 3.85. The minimum atomic E-state index is 0. The molecule has 0 N–H and O–H groups in total. The van der Waals surface area contributed by atoms with Gasteiger partial charge >= 0.3 is 0 Å². The van der Waals surface area contributed by atoms with Crippen LogP contribution >= 0.6 is 0 Å². The Labute approximate surface area is 73.3 Å². The first-order chi connectivity index (χ1) is 4.81. The van der Waals surface area contributed by atoms with E-state index in [0.29, 0.717) is 6.23 Å². The maximum absolute atomic E-state index is 5.27. The molecular formula is C7H14ClNO2. The minimum absolute atomic E-state index is 0. The van der Waals surface area contributed by atoms with Crippen LogP contribution in [0.4, 0.5) is 0 Å². The Hall–Kier alpha value is 0.170. The van der Waals surface area contributed by atoms with Crippen molar-refractivity contribution in [1.82, 2.24) is 0 Å². The van der Waals surface area contributed by atoms with E-state index in [1.807, 2.05) is 0 Å². The highest BCUT2D eigenvalue weighted by Crippen LogP contribution is 2.23. The SMILES string of the molecule is C[N+]1(C2CO2)CCOCC1.[Cl-]. The topological polar surface area (TPSA) is 21.8 Å². The number of ether oxygens (including phenoxy) is 2. The normalized spacial score (nSPS) is 34.1. The van der Waals surface area contributed by atoms with Crippen molar-refractivity contribution in [2.24, 2.45) is 0 Å². The van der Waals surface area contributed by atoms with Gasteiger partial charge in [-0.15, -0.1) is 0 Å². The van der Waals surface area contributed by atoms with Gasteiger partial charge in [-0.3, -0.25) is 4.48 Å². The fourth-order valence-electron chi connectivity index (χ4n) is 1.45. The molecule has 2 aliphatic rings. The van der Waals surface area contributed by atoms with Crippen LogP contribution in [-0.4, -0.2) is 50.7 Å².